The van der Waals surface area contributed by atoms with Crippen LogP contribution in [0.2, 0.25) is 5.02 Å². The smallest absolute Gasteiger partial charge is 0.349 e. The first-order valence-electron chi connectivity index (χ1n) is 9.01. The van der Waals surface area contributed by atoms with Crippen LogP contribution in [-0.2, 0) is 4.79 Å². The molecule has 156 valence electrons. The lowest BCUT2D eigenvalue weighted by Gasteiger charge is -2.29. The number of nitrogens with zero attached hydrogens (tertiary/aromatic N) is 1. The van der Waals surface area contributed by atoms with E-state index in [1.165, 1.54) is 6.07 Å². The zero-order valence-electron chi connectivity index (χ0n) is 16.1. The highest BCUT2D eigenvalue weighted by Crippen LogP contribution is 2.38. The Balaban J connectivity index is 1.87. The van der Waals surface area contributed by atoms with E-state index < -0.39 is 24.4 Å². The topological polar surface area (TPSA) is 89.4 Å². The zero-order chi connectivity index (χ0) is 21.6. The van der Waals surface area contributed by atoms with Crippen LogP contribution in [0.5, 0.6) is 0 Å². The van der Waals surface area contributed by atoms with Crippen LogP contribution in [0.25, 0.3) is 0 Å². The van der Waals surface area contributed by atoms with Crippen molar-refractivity contribution in [3.63, 3.8) is 0 Å². The number of carbonyl (C=O) groups excluding carboxylic acids is 1. The average molecular weight is 428 g/mol. The molecule has 0 radical (unpaired) electrons. The number of hydrogen-bond acceptors (Lipinski definition) is 5. The second-order valence-electron chi connectivity index (χ2n) is 7.58. The monoisotopic (exact) mass is 427 g/mol. The number of carbonyl (C=O) groups is 1. The number of aliphatic imine (C=N–C) groups is 1. The molecule has 1 atom stereocenters. The number of halogens is 4. The van der Waals surface area contributed by atoms with Crippen LogP contribution < -0.4 is 16.0 Å². The molecule has 2 aliphatic rings. The first-order chi connectivity index (χ1) is 13.4. The molecule has 0 bridgehead atoms. The van der Waals surface area contributed by atoms with Crippen molar-refractivity contribution in [2.24, 2.45) is 10.4 Å². The van der Waals surface area contributed by atoms with Crippen molar-refractivity contribution in [3.05, 3.63) is 40.2 Å². The van der Waals surface area contributed by atoms with Crippen molar-refractivity contribution < 1.29 is 18.0 Å². The van der Waals surface area contributed by atoms with E-state index >= 15 is 0 Å². The third-order valence-corrected chi connectivity index (χ3v) is 5.19. The normalized spacial score (nSPS) is 20.6. The molecule has 1 aromatic rings. The molecule has 3 rings (SSSR count). The molecule has 4 N–H and O–H groups in total. The summed E-state index contributed by atoms with van der Waals surface area (Å²) in [4.78, 5) is 16.6. The number of alkyl halides is 3. The molecule has 0 fully saturated rings. The minimum absolute atomic E-state index is 0.151. The number of amides is 1. The van der Waals surface area contributed by atoms with Crippen molar-refractivity contribution >= 4 is 34.9 Å². The molecule has 0 unspecified atom stereocenters. The molecule has 1 amide bonds. The van der Waals surface area contributed by atoms with Crippen LogP contribution in [0, 0.1) is 10.8 Å². The van der Waals surface area contributed by atoms with Crippen LogP contribution >= 0.6 is 11.6 Å². The fourth-order valence-corrected chi connectivity index (χ4v) is 3.65. The Morgan fingerprint density at radius 2 is 2.07 bits per heavy atom. The van der Waals surface area contributed by atoms with E-state index in [0.717, 1.165) is 5.57 Å². The average Bonchev–Trinajstić information content (AvgIpc) is 2.82. The lowest BCUT2D eigenvalue weighted by molar-refractivity contribution is -0.132. The lowest BCUT2D eigenvalue weighted by atomic mass is 9.82. The number of guanidine groups is 1. The predicted molar refractivity (Wildman–Crippen MR) is 106 cm³/mol. The van der Waals surface area contributed by atoms with Gasteiger partial charge in [-0.25, -0.2) is 0 Å². The van der Waals surface area contributed by atoms with Gasteiger partial charge < -0.3 is 21.4 Å². The molecular formula is C19H21ClF3N5O. The fourth-order valence-electron chi connectivity index (χ4n) is 3.47. The van der Waals surface area contributed by atoms with Crippen LogP contribution in [0.1, 0.15) is 39.2 Å². The SMILES string of the molecule is C[C@@H]1NC(Nc2ccc(Cl)cc2C(=N)CCC(F)(F)F)=NC2=C1C(C)(C)C(=O)N2. The molecule has 10 heteroatoms. The highest BCUT2D eigenvalue weighted by atomic mass is 35.5. The highest BCUT2D eigenvalue weighted by molar-refractivity contribution is 6.31. The van der Waals surface area contributed by atoms with Gasteiger partial charge in [-0.3, -0.25) is 4.79 Å². The molecule has 0 aromatic heterocycles. The summed E-state index contributed by atoms with van der Waals surface area (Å²) in [5.41, 5.74) is 0.610. The number of benzene rings is 1. The number of anilines is 1. The Morgan fingerprint density at radius 3 is 2.72 bits per heavy atom. The van der Waals surface area contributed by atoms with Gasteiger partial charge in [-0.2, -0.15) is 18.2 Å². The van der Waals surface area contributed by atoms with Crippen LogP contribution in [0.4, 0.5) is 18.9 Å². The molecular weight excluding hydrogens is 407 g/mol. The standard InChI is InChI=1S/C19H21ClF3N5O/c1-9-14-15(27-16(29)18(14,2)3)28-17(25-9)26-13-5-4-10(20)8-11(13)12(24)6-7-19(21,22)23/h4-5,8-9,24H,6-7H2,1-3H3,(H,27,29)(H2,25,26,28)/t9-/m0/s1. The van der Waals surface area contributed by atoms with E-state index in [4.69, 9.17) is 17.0 Å². The quantitative estimate of drug-likeness (QED) is 0.543. The minimum Gasteiger partial charge on any atom is -0.349 e. The second-order valence-corrected chi connectivity index (χ2v) is 8.01. The molecule has 2 aliphatic heterocycles. The molecule has 6 nitrogen and oxygen atoms in total. The van der Waals surface area contributed by atoms with E-state index in [-0.39, 0.29) is 23.2 Å². The van der Waals surface area contributed by atoms with E-state index in [9.17, 15) is 18.0 Å². The van der Waals surface area contributed by atoms with Gasteiger partial charge in [0.05, 0.1) is 11.5 Å². The number of hydrogen-bond donors (Lipinski definition) is 4. The van der Waals surface area contributed by atoms with Gasteiger partial charge in [0, 0.05) is 34.0 Å². The number of rotatable bonds is 4. The van der Waals surface area contributed by atoms with Gasteiger partial charge >= 0.3 is 6.18 Å². The van der Waals surface area contributed by atoms with Crippen molar-refractivity contribution in [3.8, 4) is 0 Å². The van der Waals surface area contributed by atoms with Crippen LogP contribution in [-0.4, -0.2) is 29.8 Å². The zero-order valence-corrected chi connectivity index (χ0v) is 16.8. The second kappa shape index (κ2) is 7.37. The maximum Gasteiger partial charge on any atom is 0.389 e. The Bertz CT molecular complexity index is 936. The Hall–Kier alpha value is -2.55. The molecule has 1 aromatic carbocycles. The van der Waals surface area contributed by atoms with Crippen LogP contribution in [0.15, 0.2) is 34.6 Å². The van der Waals surface area contributed by atoms with Crippen molar-refractivity contribution in [1.82, 2.24) is 10.6 Å². The predicted octanol–water partition coefficient (Wildman–Crippen LogP) is 4.18. The van der Waals surface area contributed by atoms with Gasteiger partial charge in [-0.05, 0) is 45.4 Å². The van der Waals surface area contributed by atoms with Gasteiger partial charge in [0.1, 0.15) is 5.82 Å². The largest absolute Gasteiger partial charge is 0.389 e. The summed E-state index contributed by atoms with van der Waals surface area (Å²) in [5.74, 6) is 0.625. The van der Waals surface area contributed by atoms with E-state index in [1.54, 1.807) is 12.1 Å². The molecule has 2 heterocycles. The maximum atomic E-state index is 12.5. The third-order valence-electron chi connectivity index (χ3n) is 4.96. The molecule has 0 saturated heterocycles. The van der Waals surface area contributed by atoms with Gasteiger partial charge in [-0.1, -0.05) is 11.6 Å². The summed E-state index contributed by atoms with van der Waals surface area (Å²) in [6.07, 6.45) is -5.90. The maximum absolute atomic E-state index is 12.5. The minimum atomic E-state index is -4.35. The summed E-state index contributed by atoms with van der Waals surface area (Å²) in [6.45, 7) is 5.52. The fraction of sp³-hybridized carbons (Fsp3) is 0.421. The first-order valence-corrected chi connectivity index (χ1v) is 9.39. The van der Waals surface area contributed by atoms with E-state index in [2.05, 4.69) is 20.9 Å². The van der Waals surface area contributed by atoms with Crippen LogP contribution in [0.3, 0.4) is 0 Å². The summed E-state index contributed by atoms with van der Waals surface area (Å²) >= 11 is 5.99. The van der Waals surface area contributed by atoms with Crippen molar-refractivity contribution in [2.75, 3.05) is 5.32 Å². The van der Waals surface area contributed by atoms with E-state index in [0.29, 0.717) is 22.5 Å². The van der Waals surface area contributed by atoms with Crippen molar-refractivity contribution in [2.45, 2.75) is 45.8 Å². The van der Waals surface area contributed by atoms with Crippen molar-refractivity contribution in [1.29, 1.82) is 5.41 Å². The third kappa shape index (κ3) is 4.39. The van der Waals surface area contributed by atoms with Gasteiger partial charge in [0.25, 0.3) is 0 Å². The van der Waals surface area contributed by atoms with Gasteiger partial charge in [0.15, 0.2) is 0 Å². The summed E-state index contributed by atoms with van der Waals surface area (Å²) in [5, 5.41) is 17.3. The van der Waals surface area contributed by atoms with E-state index in [1.807, 2.05) is 20.8 Å². The molecule has 29 heavy (non-hydrogen) atoms. The Morgan fingerprint density at radius 1 is 1.38 bits per heavy atom. The Kier molecular flexibility index (Phi) is 5.38. The lowest BCUT2D eigenvalue weighted by Crippen LogP contribution is -2.44. The first kappa shape index (κ1) is 21.2. The summed E-state index contributed by atoms with van der Waals surface area (Å²) in [6, 6.07) is 4.40. The molecule has 0 spiro atoms. The molecule has 0 aliphatic carbocycles. The summed E-state index contributed by atoms with van der Waals surface area (Å²) < 4.78 is 37.6. The van der Waals surface area contributed by atoms with Gasteiger partial charge in [0.2, 0.25) is 11.9 Å². The van der Waals surface area contributed by atoms with Gasteiger partial charge in [-0.15, -0.1) is 0 Å². The Labute approximate surface area is 171 Å². The number of nitrogens with one attached hydrogen (secondary N) is 4. The highest BCUT2D eigenvalue weighted by Gasteiger charge is 2.45. The summed E-state index contributed by atoms with van der Waals surface area (Å²) in [7, 11) is 0. The molecule has 0 saturated carbocycles.